The summed E-state index contributed by atoms with van der Waals surface area (Å²) < 4.78 is 10.7. The lowest BCUT2D eigenvalue weighted by Gasteiger charge is -2.42. The van der Waals surface area contributed by atoms with E-state index in [2.05, 4.69) is 54.5 Å². The highest BCUT2D eigenvalue weighted by molar-refractivity contribution is 7.12. The van der Waals surface area contributed by atoms with Crippen LogP contribution in [0.4, 0.5) is 28.8 Å². The number of nitrogens with zero attached hydrogens (tertiary/aromatic N) is 5. The Hall–Kier alpha value is -3.87. The lowest BCUT2D eigenvalue weighted by atomic mass is 10.0. The number of likely N-dealkylation sites (N-methyl/N-ethyl adjacent to an activating group) is 1. The van der Waals surface area contributed by atoms with Crippen LogP contribution in [0.2, 0.25) is 0 Å². The van der Waals surface area contributed by atoms with Crippen molar-refractivity contribution in [1.82, 2.24) is 24.8 Å². The second kappa shape index (κ2) is 11.9. The van der Waals surface area contributed by atoms with Crippen LogP contribution in [0.1, 0.15) is 22.5 Å². The number of anilines is 5. The van der Waals surface area contributed by atoms with Crippen molar-refractivity contribution >= 4 is 57.2 Å². The summed E-state index contributed by atoms with van der Waals surface area (Å²) in [5.41, 5.74) is 4.02. The number of benzene rings is 1. The Labute approximate surface area is 243 Å². The molecule has 2 saturated heterocycles. The Morgan fingerprint density at radius 2 is 1.80 bits per heavy atom. The molecule has 5 heterocycles. The summed E-state index contributed by atoms with van der Waals surface area (Å²) in [4.78, 5) is 32.8. The molecule has 0 amide bonds. The fourth-order valence-corrected chi connectivity index (χ4v) is 6.42. The van der Waals surface area contributed by atoms with Gasteiger partial charge in [-0.1, -0.05) is 0 Å². The number of aromatic nitrogens is 3. The van der Waals surface area contributed by atoms with Gasteiger partial charge >= 0.3 is 5.97 Å². The van der Waals surface area contributed by atoms with Crippen LogP contribution in [0.3, 0.4) is 0 Å². The Balaban J connectivity index is 1.18. The molecular weight excluding hydrogens is 540 g/mol. The van der Waals surface area contributed by atoms with E-state index in [1.807, 2.05) is 29.8 Å². The number of aromatic amines is 1. The third kappa shape index (κ3) is 5.81. The van der Waals surface area contributed by atoms with Gasteiger partial charge in [-0.15, -0.1) is 11.3 Å². The molecule has 3 N–H and O–H groups in total. The summed E-state index contributed by atoms with van der Waals surface area (Å²) in [7, 11) is 5.26. The molecule has 2 fully saturated rings. The van der Waals surface area contributed by atoms with E-state index in [9.17, 15) is 4.79 Å². The molecule has 3 aromatic heterocycles. The van der Waals surface area contributed by atoms with Crippen molar-refractivity contribution in [2.75, 3.05) is 76.1 Å². The van der Waals surface area contributed by atoms with E-state index in [1.54, 1.807) is 7.11 Å². The maximum Gasteiger partial charge on any atom is 0.350 e. The summed E-state index contributed by atoms with van der Waals surface area (Å²) in [6.45, 7) is 6.72. The zero-order chi connectivity index (χ0) is 28.3. The van der Waals surface area contributed by atoms with Gasteiger partial charge in [0.05, 0.1) is 31.1 Å². The first-order valence-corrected chi connectivity index (χ1v) is 14.8. The number of ether oxygens (including phenoxy) is 2. The number of methoxy groups -OCH3 is 2. The van der Waals surface area contributed by atoms with Crippen LogP contribution in [-0.4, -0.2) is 97.3 Å². The fourth-order valence-electron chi connectivity index (χ4n) is 5.65. The Morgan fingerprint density at radius 3 is 2.56 bits per heavy atom. The molecule has 0 atom stereocenters. The SMILES string of the molecule is COC(=O)c1sccc1Nc1nc(Nc2ccc(N3CCC(N4CCN(C)CC4)CC3)cc2OC)nc2cc[nH]c12. The molecule has 6 rings (SSSR count). The summed E-state index contributed by atoms with van der Waals surface area (Å²) in [6.07, 6.45) is 4.16. The number of rotatable bonds is 8. The molecule has 12 heteroatoms. The average Bonchev–Trinajstić information content (AvgIpc) is 3.67. The van der Waals surface area contributed by atoms with Crippen LogP contribution in [0, 0.1) is 0 Å². The molecule has 4 aromatic rings. The number of carbonyl (C=O) groups is 1. The first-order valence-electron chi connectivity index (χ1n) is 13.9. The minimum absolute atomic E-state index is 0.397. The van der Waals surface area contributed by atoms with E-state index in [1.165, 1.54) is 44.4 Å². The Morgan fingerprint density at radius 1 is 1.00 bits per heavy atom. The van der Waals surface area contributed by atoms with E-state index < -0.39 is 5.97 Å². The number of hydrogen-bond acceptors (Lipinski definition) is 11. The van der Waals surface area contributed by atoms with Crippen LogP contribution in [0.25, 0.3) is 11.0 Å². The van der Waals surface area contributed by atoms with Crippen molar-refractivity contribution in [3.63, 3.8) is 0 Å². The molecule has 2 aliphatic heterocycles. The van der Waals surface area contributed by atoms with E-state index >= 15 is 0 Å². The smallest absolute Gasteiger partial charge is 0.350 e. The van der Waals surface area contributed by atoms with Crippen molar-refractivity contribution in [3.05, 3.63) is 46.8 Å². The van der Waals surface area contributed by atoms with Crippen molar-refractivity contribution in [1.29, 1.82) is 0 Å². The van der Waals surface area contributed by atoms with Gasteiger partial charge in [0, 0.05) is 63.3 Å². The predicted octanol–water partition coefficient (Wildman–Crippen LogP) is 4.52. The molecule has 0 radical (unpaired) electrons. The lowest BCUT2D eigenvalue weighted by molar-refractivity contribution is 0.0607. The third-order valence-electron chi connectivity index (χ3n) is 8.01. The molecule has 0 aliphatic carbocycles. The van der Waals surface area contributed by atoms with Gasteiger partial charge in [-0.2, -0.15) is 4.98 Å². The first-order chi connectivity index (χ1) is 20.0. The zero-order valence-electron chi connectivity index (χ0n) is 23.6. The predicted molar refractivity (Wildman–Crippen MR) is 163 cm³/mol. The molecule has 41 heavy (non-hydrogen) atoms. The minimum Gasteiger partial charge on any atom is -0.494 e. The van der Waals surface area contributed by atoms with Crippen LogP contribution in [-0.2, 0) is 4.74 Å². The number of fused-ring (bicyclic) bond motifs is 1. The molecule has 1 aromatic carbocycles. The van der Waals surface area contributed by atoms with Gasteiger partial charge in [0.25, 0.3) is 0 Å². The van der Waals surface area contributed by atoms with E-state index in [0.717, 1.165) is 54.3 Å². The molecule has 11 nitrogen and oxygen atoms in total. The zero-order valence-corrected chi connectivity index (χ0v) is 24.5. The number of piperidine rings is 1. The highest BCUT2D eigenvalue weighted by Crippen LogP contribution is 2.35. The fraction of sp³-hybridized carbons (Fsp3) is 0.414. The van der Waals surface area contributed by atoms with Gasteiger partial charge < -0.3 is 34.9 Å². The maximum atomic E-state index is 12.2. The number of nitrogens with one attached hydrogen (secondary N) is 3. The van der Waals surface area contributed by atoms with Crippen molar-refractivity contribution < 1.29 is 14.3 Å². The van der Waals surface area contributed by atoms with E-state index in [0.29, 0.717) is 28.4 Å². The van der Waals surface area contributed by atoms with E-state index in [4.69, 9.17) is 14.5 Å². The summed E-state index contributed by atoms with van der Waals surface area (Å²) in [5.74, 6) is 1.28. The molecular formula is C29H36N8O3S. The topological polar surface area (TPSA) is 111 Å². The van der Waals surface area contributed by atoms with Crippen LogP contribution >= 0.6 is 11.3 Å². The third-order valence-corrected chi connectivity index (χ3v) is 8.90. The van der Waals surface area contributed by atoms with Gasteiger partial charge in [-0.05, 0) is 49.5 Å². The average molecular weight is 577 g/mol. The van der Waals surface area contributed by atoms with Gasteiger partial charge in [-0.3, -0.25) is 4.90 Å². The lowest BCUT2D eigenvalue weighted by Crippen LogP contribution is -2.52. The highest BCUT2D eigenvalue weighted by Gasteiger charge is 2.27. The quantitative estimate of drug-likeness (QED) is 0.259. The van der Waals surface area contributed by atoms with Gasteiger partial charge in [0.1, 0.15) is 16.1 Å². The number of hydrogen-bond donors (Lipinski definition) is 3. The van der Waals surface area contributed by atoms with Crippen molar-refractivity contribution in [3.8, 4) is 5.75 Å². The summed E-state index contributed by atoms with van der Waals surface area (Å²) in [5, 5.41) is 8.45. The van der Waals surface area contributed by atoms with Crippen LogP contribution in [0.15, 0.2) is 41.9 Å². The molecule has 0 spiro atoms. The Bertz CT molecular complexity index is 1510. The second-order valence-electron chi connectivity index (χ2n) is 10.5. The van der Waals surface area contributed by atoms with Crippen molar-refractivity contribution in [2.24, 2.45) is 0 Å². The second-order valence-corrected chi connectivity index (χ2v) is 11.4. The largest absolute Gasteiger partial charge is 0.494 e. The molecule has 0 saturated carbocycles. The van der Waals surface area contributed by atoms with Crippen LogP contribution in [0.5, 0.6) is 5.75 Å². The van der Waals surface area contributed by atoms with E-state index in [-0.39, 0.29) is 0 Å². The first kappa shape index (κ1) is 27.3. The molecule has 0 unspecified atom stereocenters. The molecule has 2 aliphatic rings. The summed E-state index contributed by atoms with van der Waals surface area (Å²) >= 11 is 1.31. The van der Waals surface area contributed by atoms with Crippen LogP contribution < -0.4 is 20.3 Å². The van der Waals surface area contributed by atoms with Gasteiger partial charge in [-0.25, -0.2) is 9.78 Å². The number of H-pyrrole nitrogens is 1. The normalized spacial score (nSPS) is 17.1. The molecule has 0 bridgehead atoms. The van der Waals surface area contributed by atoms with Gasteiger partial charge in [0.15, 0.2) is 5.82 Å². The Kier molecular flexibility index (Phi) is 7.95. The number of carbonyl (C=O) groups excluding carboxylic acids is 1. The minimum atomic E-state index is -0.397. The highest BCUT2D eigenvalue weighted by atomic mass is 32.1. The number of thiophene rings is 1. The monoisotopic (exact) mass is 576 g/mol. The molecule has 216 valence electrons. The van der Waals surface area contributed by atoms with Crippen molar-refractivity contribution in [2.45, 2.75) is 18.9 Å². The number of esters is 1. The standard InChI is InChI=1S/C29H36N8O3S/c1-35-13-15-37(16-14-35)19-7-11-36(12-8-19)20-4-5-21(24(18-20)39-2)32-29-33-22-6-10-30-25(22)27(34-29)31-23-9-17-41-26(23)28(38)40-3/h4-6,9-10,17-19,30H,7-8,11-16H2,1-3H3,(H2,31,32,33,34). The number of piperazine rings is 1. The van der Waals surface area contributed by atoms with Gasteiger partial charge in [0.2, 0.25) is 5.95 Å². The maximum absolute atomic E-state index is 12.2. The summed E-state index contributed by atoms with van der Waals surface area (Å²) in [6, 6.07) is 10.6.